The first-order valence-electron chi connectivity index (χ1n) is 5.53. The number of nitrogens with two attached hydrogens (primary N) is 1. The van der Waals surface area contributed by atoms with Gasteiger partial charge in [-0.15, -0.1) is 0 Å². The number of nitrogen functional groups attached to an aromatic ring is 1. The van der Waals surface area contributed by atoms with Gasteiger partial charge in [-0.3, -0.25) is 0 Å². The molecule has 96 valence electrons. The summed E-state index contributed by atoms with van der Waals surface area (Å²) >= 11 is 3.42. The minimum atomic E-state index is -0.703. The number of aryl methyl sites for hydroxylation is 1. The van der Waals surface area contributed by atoms with E-state index in [-0.39, 0.29) is 13.2 Å². The second-order valence-corrected chi connectivity index (χ2v) is 5.12. The van der Waals surface area contributed by atoms with Crippen LogP contribution in [-0.2, 0) is 0 Å². The second kappa shape index (κ2) is 5.71. The molecule has 0 aliphatic carbocycles. The third-order valence-corrected chi connectivity index (χ3v) is 3.69. The van der Waals surface area contributed by atoms with E-state index in [0.717, 1.165) is 15.7 Å². The van der Waals surface area contributed by atoms with Crippen LogP contribution in [0.4, 0.5) is 11.4 Å². The van der Waals surface area contributed by atoms with E-state index in [1.807, 2.05) is 26.0 Å². The van der Waals surface area contributed by atoms with Gasteiger partial charge in [0.15, 0.2) is 0 Å². The Labute approximate surface area is 110 Å². The SMILES string of the molecule is CCC(CO)(CO)Nc1cc(C)c(N)cc1Br. The smallest absolute Gasteiger partial charge is 0.0832 e. The van der Waals surface area contributed by atoms with E-state index >= 15 is 0 Å². The zero-order chi connectivity index (χ0) is 13.1. The Morgan fingerprint density at radius 2 is 1.94 bits per heavy atom. The molecule has 0 bridgehead atoms. The van der Waals surface area contributed by atoms with Gasteiger partial charge in [-0.05, 0) is 47.0 Å². The van der Waals surface area contributed by atoms with Gasteiger partial charge in [0.05, 0.1) is 18.8 Å². The van der Waals surface area contributed by atoms with E-state index in [4.69, 9.17) is 5.73 Å². The van der Waals surface area contributed by atoms with E-state index < -0.39 is 5.54 Å². The van der Waals surface area contributed by atoms with Crippen molar-refractivity contribution in [2.45, 2.75) is 25.8 Å². The third-order valence-electron chi connectivity index (χ3n) is 3.04. The van der Waals surface area contributed by atoms with Crippen LogP contribution in [0, 0.1) is 6.92 Å². The first-order valence-corrected chi connectivity index (χ1v) is 6.33. The Morgan fingerprint density at radius 1 is 1.35 bits per heavy atom. The molecule has 0 atom stereocenters. The molecule has 5 heteroatoms. The number of aliphatic hydroxyl groups excluding tert-OH is 2. The Kier molecular flexibility index (Phi) is 4.80. The van der Waals surface area contributed by atoms with E-state index in [9.17, 15) is 10.2 Å². The Balaban J connectivity index is 3.05. The average molecular weight is 303 g/mol. The molecule has 0 saturated carbocycles. The van der Waals surface area contributed by atoms with Gasteiger partial charge in [0, 0.05) is 15.8 Å². The van der Waals surface area contributed by atoms with E-state index in [1.54, 1.807) is 0 Å². The van der Waals surface area contributed by atoms with Crippen molar-refractivity contribution in [3.63, 3.8) is 0 Å². The molecule has 4 nitrogen and oxygen atoms in total. The number of aliphatic hydroxyl groups is 2. The van der Waals surface area contributed by atoms with Gasteiger partial charge in [0.2, 0.25) is 0 Å². The summed E-state index contributed by atoms with van der Waals surface area (Å²) in [6.07, 6.45) is 0.621. The van der Waals surface area contributed by atoms with Crippen LogP contribution in [0.1, 0.15) is 18.9 Å². The van der Waals surface area contributed by atoms with Gasteiger partial charge in [-0.25, -0.2) is 0 Å². The van der Waals surface area contributed by atoms with Crippen molar-refractivity contribution in [2.24, 2.45) is 0 Å². The molecular formula is C12H19BrN2O2. The highest BCUT2D eigenvalue weighted by Crippen LogP contribution is 2.30. The number of benzene rings is 1. The van der Waals surface area contributed by atoms with Gasteiger partial charge in [-0.2, -0.15) is 0 Å². The van der Waals surface area contributed by atoms with Crippen molar-refractivity contribution in [1.82, 2.24) is 0 Å². The predicted molar refractivity (Wildman–Crippen MR) is 74.1 cm³/mol. The topological polar surface area (TPSA) is 78.5 Å². The molecule has 1 aromatic carbocycles. The molecule has 0 aliphatic heterocycles. The minimum absolute atomic E-state index is 0.129. The van der Waals surface area contributed by atoms with E-state index in [0.29, 0.717) is 12.1 Å². The molecule has 0 unspecified atom stereocenters. The summed E-state index contributed by atoms with van der Waals surface area (Å²) in [5, 5.41) is 22.0. The lowest BCUT2D eigenvalue weighted by molar-refractivity contribution is 0.132. The molecule has 1 rings (SSSR count). The molecule has 0 spiro atoms. The van der Waals surface area contributed by atoms with Gasteiger partial charge in [-0.1, -0.05) is 6.92 Å². The van der Waals surface area contributed by atoms with E-state index in [2.05, 4.69) is 21.2 Å². The molecule has 0 heterocycles. The zero-order valence-corrected chi connectivity index (χ0v) is 11.7. The van der Waals surface area contributed by atoms with Crippen molar-refractivity contribution in [3.8, 4) is 0 Å². The number of rotatable bonds is 5. The van der Waals surface area contributed by atoms with E-state index in [1.165, 1.54) is 0 Å². The molecular weight excluding hydrogens is 284 g/mol. The average Bonchev–Trinajstić information content (AvgIpc) is 2.33. The highest BCUT2D eigenvalue weighted by Gasteiger charge is 2.27. The first kappa shape index (κ1) is 14.3. The lowest BCUT2D eigenvalue weighted by Gasteiger charge is -2.31. The molecule has 0 radical (unpaired) electrons. The second-order valence-electron chi connectivity index (χ2n) is 4.26. The third kappa shape index (κ3) is 3.12. The lowest BCUT2D eigenvalue weighted by Crippen LogP contribution is -2.45. The molecule has 5 N–H and O–H groups in total. The Morgan fingerprint density at radius 3 is 2.41 bits per heavy atom. The maximum atomic E-state index is 9.39. The van der Waals surface area contributed by atoms with Crippen molar-refractivity contribution in [1.29, 1.82) is 0 Å². The fourth-order valence-corrected chi connectivity index (χ4v) is 1.98. The normalized spacial score (nSPS) is 11.6. The molecule has 0 fully saturated rings. The summed E-state index contributed by atoms with van der Waals surface area (Å²) in [5.41, 5.74) is 7.57. The maximum Gasteiger partial charge on any atom is 0.0832 e. The summed E-state index contributed by atoms with van der Waals surface area (Å²) in [5.74, 6) is 0. The quantitative estimate of drug-likeness (QED) is 0.626. The van der Waals surface area contributed by atoms with Gasteiger partial charge in [0.1, 0.15) is 0 Å². The first-order chi connectivity index (χ1) is 7.98. The molecule has 0 amide bonds. The monoisotopic (exact) mass is 302 g/mol. The van der Waals surface area contributed by atoms with Crippen LogP contribution in [0.15, 0.2) is 16.6 Å². The highest BCUT2D eigenvalue weighted by molar-refractivity contribution is 9.10. The fourth-order valence-electron chi connectivity index (χ4n) is 1.52. The standard InChI is InChI=1S/C12H19BrN2O2/c1-3-12(6-16,7-17)15-11-4-8(2)10(14)5-9(11)13/h4-5,15-17H,3,6-7,14H2,1-2H3. The summed E-state index contributed by atoms with van der Waals surface area (Å²) in [7, 11) is 0. The minimum Gasteiger partial charge on any atom is -0.398 e. The predicted octanol–water partition coefficient (Wildman–Crippen LogP) is 1.89. The summed E-state index contributed by atoms with van der Waals surface area (Å²) in [6.45, 7) is 3.57. The molecule has 0 aliphatic rings. The van der Waals surface area contributed by atoms with Crippen molar-refractivity contribution < 1.29 is 10.2 Å². The molecule has 0 saturated heterocycles. The molecule has 0 aromatic heterocycles. The van der Waals surface area contributed by atoms with Gasteiger partial charge < -0.3 is 21.3 Å². The number of nitrogens with one attached hydrogen (secondary N) is 1. The Bertz CT molecular complexity index is 384. The number of hydrogen-bond donors (Lipinski definition) is 4. The van der Waals surface area contributed by atoms with Crippen molar-refractivity contribution in [3.05, 3.63) is 22.2 Å². The number of halogens is 1. The zero-order valence-electron chi connectivity index (χ0n) is 10.1. The molecule has 17 heavy (non-hydrogen) atoms. The van der Waals surface area contributed by atoms with Gasteiger partial charge >= 0.3 is 0 Å². The largest absolute Gasteiger partial charge is 0.398 e. The van der Waals surface area contributed by atoms with Crippen LogP contribution >= 0.6 is 15.9 Å². The Hall–Kier alpha value is -0.780. The van der Waals surface area contributed by atoms with Crippen LogP contribution < -0.4 is 11.1 Å². The fraction of sp³-hybridized carbons (Fsp3) is 0.500. The van der Waals surface area contributed by atoms with Crippen LogP contribution in [0.25, 0.3) is 0 Å². The summed E-state index contributed by atoms with van der Waals surface area (Å²) in [4.78, 5) is 0. The lowest BCUT2D eigenvalue weighted by atomic mass is 9.97. The number of anilines is 2. The highest BCUT2D eigenvalue weighted by atomic mass is 79.9. The van der Waals surface area contributed by atoms with Crippen LogP contribution in [0.5, 0.6) is 0 Å². The summed E-state index contributed by atoms with van der Waals surface area (Å²) in [6, 6.07) is 3.71. The number of hydrogen-bond acceptors (Lipinski definition) is 4. The van der Waals surface area contributed by atoms with Crippen LogP contribution in [0.3, 0.4) is 0 Å². The maximum absolute atomic E-state index is 9.39. The van der Waals surface area contributed by atoms with Crippen molar-refractivity contribution >= 4 is 27.3 Å². The van der Waals surface area contributed by atoms with Crippen molar-refractivity contribution in [2.75, 3.05) is 24.3 Å². The molecule has 1 aromatic rings. The van der Waals surface area contributed by atoms with Crippen LogP contribution in [-0.4, -0.2) is 29.0 Å². The van der Waals surface area contributed by atoms with Gasteiger partial charge in [0.25, 0.3) is 0 Å². The summed E-state index contributed by atoms with van der Waals surface area (Å²) < 4.78 is 0.820. The van der Waals surface area contributed by atoms with Crippen LogP contribution in [0.2, 0.25) is 0 Å².